The fourth-order valence-electron chi connectivity index (χ4n) is 1.10. The quantitative estimate of drug-likeness (QED) is 0.841. The van der Waals surface area contributed by atoms with Gasteiger partial charge >= 0.3 is 0 Å². The van der Waals surface area contributed by atoms with Gasteiger partial charge in [0.25, 0.3) is 0 Å². The van der Waals surface area contributed by atoms with Gasteiger partial charge in [0.15, 0.2) is 0 Å². The highest BCUT2D eigenvalue weighted by molar-refractivity contribution is 9.10. The van der Waals surface area contributed by atoms with Gasteiger partial charge in [0, 0.05) is 16.4 Å². The largest absolute Gasteiger partial charge is 0.436 e. The zero-order valence-corrected chi connectivity index (χ0v) is 10.8. The van der Waals surface area contributed by atoms with Crippen LogP contribution in [0.3, 0.4) is 0 Å². The van der Waals surface area contributed by atoms with Gasteiger partial charge in [-0.25, -0.2) is 4.98 Å². The molecule has 2 rings (SSSR count). The van der Waals surface area contributed by atoms with E-state index in [0.29, 0.717) is 16.7 Å². The minimum atomic E-state index is 0.371. The molecule has 2 aromatic heterocycles. The molecule has 0 radical (unpaired) electrons. The Hall–Kier alpha value is -1.13. The third kappa shape index (κ3) is 2.71. The van der Waals surface area contributed by atoms with E-state index >= 15 is 0 Å². The summed E-state index contributed by atoms with van der Waals surface area (Å²) in [6.45, 7) is 1.91. The number of hydrogen-bond acceptors (Lipinski definition) is 3. The van der Waals surface area contributed by atoms with Gasteiger partial charge in [0.05, 0.1) is 6.20 Å². The topological polar surface area (TPSA) is 35.0 Å². The maximum atomic E-state index is 5.97. The van der Waals surface area contributed by atoms with Gasteiger partial charge in [0.1, 0.15) is 10.8 Å². The van der Waals surface area contributed by atoms with E-state index in [1.807, 2.05) is 19.1 Å². The lowest BCUT2D eigenvalue weighted by Crippen LogP contribution is -1.90. The second-order valence-corrected chi connectivity index (χ2v) is 4.50. The number of aryl methyl sites for hydroxylation is 1. The summed E-state index contributed by atoms with van der Waals surface area (Å²) in [5, 5.41) is 0.454. The van der Waals surface area contributed by atoms with Crippen LogP contribution in [0.2, 0.25) is 5.02 Å². The van der Waals surface area contributed by atoms with E-state index in [2.05, 4.69) is 25.9 Å². The van der Waals surface area contributed by atoms with Crippen molar-refractivity contribution < 1.29 is 4.74 Å². The Morgan fingerprint density at radius 3 is 2.69 bits per heavy atom. The van der Waals surface area contributed by atoms with Gasteiger partial charge < -0.3 is 4.74 Å². The van der Waals surface area contributed by atoms with E-state index in [-0.39, 0.29) is 0 Å². The van der Waals surface area contributed by atoms with Crippen molar-refractivity contribution >= 4 is 27.5 Å². The summed E-state index contributed by atoms with van der Waals surface area (Å²) in [5.74, 6) is 0.984. The van der Waals surface area contributed by atoms with Gasteiger partial charge in [0.2, 0.25) is 5.88 Å². The number of halogens is 2. The first-order valence-corrected chi connectivity index (χ1v) is 5.74. The maximum Gasteiger partial charge on any atom is 0.238 e. The van der Waals surface area contributed by atoms with E-state index in [9.17, 15) is 0 Å². The molecule has 0 bridgehead atoms. The van der Waals surface area contributed by atoms with E-state index in [0.717, 1.165) is 10.2 Å². The van der Waals surface area contributed by atoms with Gasteiger partial charge in [-0.3, -0.25) is 4.98 Å². The Morgan fingerprint density at radius 1 is 1.25 bits per heavy atom. The molecular weight excluding hydrogens is 291 g/mol. The highest BCUT2D eigenvalue weighted by atomic mass is 79.9. The van der Waals surface area contributed by atoms with Crippen LogP contribution in [0.15, 0.2) is 35.1 Å². The van der Waals surface area contributed by atoms with Gasteiger partial charge in [-0.1, -0.05) is 11.6 Å². The molecule has 0 aromatic carbocycles. The molecule has 3 nitrogen and oxygen atoms in total. The SMILES string of the molecule is Cc1ccc(Oc2ncc(Br)cc2Cl)cn1. The van der Waals surface area contributed by atoms with Crippen molar-refractivity contribution in [1.29, 1.82) is 0 Å². The number of hydrogen-bond donors (Lipinski definition) is 0. The molecule has 0 N–H and O–H groups in total. The highest BCUT2D eigenvalue weighted by Gasteiger charge is 2.05. The summed E-state index contributed by atoms with van der Waals surface area (Å²) in [4.78, 5) is 8.18. The van der Waals surface area contributed by atoms with Crippen LogP contribution in [0.1, 0.15) is 5.69 Å². The molecular formula is C11H8BrClN2O. The smallest absolute Gasteiger partial charge is 0.238 e. The van der Waals surface area contributed by atoms with E-state index in [4.69, 9.17) is 16.3 Å². The number of aromatic nitrogens is 2. The first-order valence-electron chi connectivity index (χ1n) is 4.57. The summed E-state index contributed by atoms with van der Waals surface area (Å²) in [6.07, 6.45) is 3.26. The third-order valence-corrected chi connectivity index (χ3v) is 2.58. The lowest BCUT2D eigenvalue weighted by atomic mass is 10.4. The van der Waals surface area contributed by atoms with Crippen molar-refractivity contribution in [2.24, 2.45) is 0 Å². The first kappa shape index (κ1) is 11.4. The molecule has 0 amide bonds. The molecule has 2 heterocycles. The van der Waals surface area contributed by atoms with Crippen LogP contribution in [0.25, 0.3) is 0 Å². The van der Waals surface area contributed by atoms with Crippen LogP contribution >= 0.6 is 27.5 Å². The number of rotatable bonds is 2. The third-order valence-electron chi connectivity index (χ3n) is 1.87. The summed E-state index contributed by atoms with van der Waals surface area (Å²) >= 11 is 9.25. The van der Waals surface area contributed by atoms with Crippen molar-refractivity contribution in [1.82, 2.24) is 9.97 Å². The zero-order valence-electron chi connectivity index (χ0n) is 8.45. The highest BCUT2D eigenvalue weighted by Crippen LogP contribution is 2.28. The predicted octanol–water partition coefficient (Wildman–Crippen LogP) is 3.99. The van der Waals surface area contributed by atoms with Crippen molar-refractivity contribution in [2.45, 2.75) is 6.92 Å². The van der Waals surface area contributed by atoms with Crippen LogP contribution in [0, 0.1) is 6.92 Å². The summed E-state index contributed by atoms with van der Waals surface area (Å²) in [7, 11) is 0. The zero-order chi connectivity index (χ0) is 11.5. The molecule has 0 atom stereocenters. The Bertz CT molecular complexity index is 502. The predicted molar refractivity (Wildman–Crippen MR) is 66.0 cm³/mol. The Balaban J connectivity index is 2.23. The molecule has 0 saturated heterocycles. The van der Waals surface area contributed by atoms with Crippen molar-refractivity contribution in [3.05, 3.63) is 45.8 Å². The molecule has 16 heavy (non-hydrogen) atoms. The molecule has 0 aliphatic carbocycles. The molecule has 0 saturated carbocycles. The molecule has 5 heteroatoms. The first-order chi connectivity index (χ1) is 7.65. The maximum absolute atomic E-state index is 5.97. The number of ether oxygens (including phenoxy) is 1. The molecule has 0 fully saturated rings. The van der Waals surface area contributed by atoms with E-state index in [1.54, 1.807) is 18.5 Å². The monoisotopic (exact) mass is 298 g/mol. The summed E-state index contributed by atoms with van der Waals surface area (Å²) < 4.78 is 6.30. The second kappa shape index (κ2) is 4.80. The van der Waals surface area contributed by atoms with Crippen LogP contribution in [0.4, 0.5) is 0 Å². The van der Waals surface area contributed by atoms with Crippen LogP contribution < -0.4 is 4.74 Å². The Morgan fingerprint density at radius 2 is 2.06 bits per heavy atom. The Labute approximate surface area is 107 Å². The molecule has 0 aliphatic heterocycles. The number of nitrogens with zero attached hydrogens (tertiary/aromatic N) is 2. The lowest BCUT2D eigenvalue weighted by molar-refractivity contribution is 0.460. The fourth-order valence-corrected chi connectivity index (χ4v) is 1.77. The van der Waals surface area contributed by atoms with Gasteiger partial charge in [-0.15, -0.1) is 0 Å². The van der Waals surface area contributed by atoms with Crippen LogP contribution in [-0.2, 0) is 0 Å². The lowest BCUT2D eigenvalue weighted by Gasteiger charge is -2.06. The molecule has 2 aromatic rings. The molecule has 0 aliphatic rings. The standard InChI is InChI=1S/C11H8BrClN2O/c1-7-2-3-9(6-14-7)16-11-10(13)4-8(12)5-15-11/h2-6H,1H3. The second-order valence-electron chi connectivity index (χ2n) is 3.18. The van der Waals surface area contributed by atoms with Crippen molar-refractivity contribution in [3.63, 3.8) is 0 Å². The molecule has 82 valence electrons. The van der Waals surface area contributed by atoms with Crippen molar-refractivity contribution in [3.8, 4) is 11.6 Å². The van der Waals surface area contributed by atoms with E-state index in [1.165, 1.54) is 0 Å². The van der Waals surface area contributed by atoms with Crippen LogP contribution in [-0.4, -0.2) is 9.97 Å². The van der Waals surface area contributed by atoms with Crippen molar-refractivity contribution in [2.75, 3.05) is 0 Å². The summed E-state index contributed by atoms with van der Waals surface area (Å²) in [6, 6.07) is 5.41. The minimum absolute atomic E-state index is 0.371. The van der Waals surface area contributed by atoms with Gasteiger partial charge in [-0.2, -0.15) is 0 Å². The Kier molecular flexibility index (Phi) is 3.41. The molecule has 0 spiro atoms. The number of pyridine rings is 2. The van der Waals surface area contributed by atoms with Gasteiger partial charge in [-0.05, 0) is 41.1 Å². The average Bonchev–Trinajstić information content (AvgIpc) is 2.25. The molecule has 0 unspecified atom stereocenters. The van der Waals surface area contributed by atoms with E-state index < -0.39 is 0 Å². The average molecular weight is 300 g/mol. The minimum Gasteiger partial charge on any atom is -0.436 e. The van der Waals surface area contributed by atoms with Crippen LogP contribution in [0.5, 0.6) is 11.6 Å². The fraction of sp³-hybridized carbons (Fsp3) is 0.0909. The normalized spacial score (nSPS) is 10.2. The summed E-state index contributed by atoms with van der Waals surface area (Å²) in [5.41, 5.74) is 0.933.